The van der Waals surface area contributed by atoms with Crippen LogP contribution in [-0.2, 0) is 29.7 Å². The zero-order valence-corrected chi connectivity index (χ0v) is 21.8. The highest BCUT2D eigenvalue weighted by Gasteiger charge is 2.26. The minimum absolute atomic E-state index is 0.0648. The normalized spacial score (nSPS) is 13.2. The topological polar surface area (TPSA) is 77.0 Å². The lowest BCUT2D eigenvalue weighted by atomic mass is 10.1. The minimum atomic E-state index is -0.0996. The van der Waals surface area contributed by atoms with Crippen LogP contribution in [0, 0.1) is 0 Å². The maximum Gasteiger partial charge on any atom is 0.256 e. The van der Waals surface area contributed by atoms with Crippen molar-refractivity contribution in [3.8, 4) is 0 Å². The highest BCUT2D eigenvalue weighted by Crippen LogP contribution is 2.25. The molecule has 36 heavy (non-hydrogen) atoms. The number of aryl methyl sites for hydroxylation is 1. The Labute approximate surface area is 213 Å². The molecule has 0 radical (unpaired) electrons. The number of carbonyl (C=O) groups excluding carboxylic acids is 2. The van der Waals surface area contributed by atoms with Gasteiger partial charge in [-0.25, -0.2) is 5.01 Å². The molecule has 0 unspecified atom stereocenters. The second-order valence-corrected chi connectivity index (χ2v) is 9.25. The quantitative estimate of drug-likeness (QED) is 0.443. The molecule has 0 aliphatic carbocycles. The number of fused-ring (bicyclic) bond motifs is 2. The van der Waals surface area contributed by atoms with Gasteiger partial charge in [0.15, 0.2) is 0 Å². The van der Waals surface area contributed by atoms with Gasteiger partial charge in [-0.3, -0.25) is 19.3 Å². The number of hydrogen-bond donors (Lipinski definition) is 1. The molecular weight excluding hydrogens is 454 g/mol. The zero-order chi connectivity index (χ0) is 25.7. The summed E-state index contributed by atoms with van der Waals surface area (Å²) in [6.45, 7) is 9.11. The van der Waals surface area contributed by atoms with E-state index >= 15 is 0 Å². The number of rotatable bonds is 11. The number of hydrazine groups is 1. The van der Waals surface area contributed by atoms with Gasteiger partial charge in [0.1, 0.15) is 0 Å². The molecule has 4 rings (SSSR count). The van der Waals surface area contributed by atoms with E-state index in [1.165, 1.54) is 11.1 Å². The molecule has 0 fully saturated rings. The van der Waals surface area contributed by atoms with Crippen molar-refractivity contribution in [1.82, 2.24) is 30.0 Å². The summed E-state index contributed by atoms with van der Waals surface area (Å²) >= 11 is 0. The van der Waals surface area contributed by atoms with Crippen LogP contribution in [-0.4, -0.2) is 82.8 Å². The third-order valence-corrected chi connectivity index (χ3v) is 7.01. The largest absolute Gasteiger partial charge is 0.353 e. The molecule has 9 heteroatoms. The standard InChI is InChI=1S/C27H37N7O2/c1-5-32(6-2)14-13-28-26(35)19-33(24-11-12-25-23(15-24)16-29-30(25)3)20-27(36)31(4)34-17-21-9-7-8-10-22(21)18-34/h7-12,15-16H,5-6,13-14,17-20H2,1-4H3,(H,28,35). The fourth-order valence-electron chi connectivity index (χ4n) is 4.66. The van der Waals surface area contributed by atoms with Gasteiger partial charge in [-0.05, 0) is 42.4 Å². The lowest BCUT2D eigenvalue weighted by molar-refractivity contribution is -0.145. The van der Waals surface area contributed by atoms with E-state index in [0.29, 0.717) is 19.6 Å². The van der Waals surface area contributed by atoms with Crippen LogP contribution in [0.2, 0.25) is 0 Å². The van der Waals surface area contributed by atoms with Crippen molar-refractivity contribution in [2.45, 2.75) is 26.9 Å². The molecule has 1 aliphatic rings. The number of nitrogens with one attached hydrogen (secondary N) is 1. The lowest BCUT2D eigenvalue weighted by Gasteiger charge is -2.31. The van der Waals surface area contributed by atoms with Gasteiger partial charge in [-0.1, -0.05) is 38.1 Å². The lowest BCUT2D eigenvalue weighted by Crippen LogP contribution is -2.48. The Morgan fingerprint density at radius 3 is 2.39 bits per heavy atom. The third-order valence-electron chi connectivity index (χ3n) is 7.01. The van der Waals surface area contributed by atoms with E-state index in [0.717, 1.165) is 36.2 Å². The molecule has 0 saturated carbocycles. The van der Waals surface area contributed by atoms with Crippen molar-refractivity contribution >= 4 is 28.4 Å². The smallest absolute Gasteiger partial charge is 0.256 e. The second-order valence-electron chi connectivity index (χ2n) is 9.25. The molecular formula is C27H37N7O2. The van der Waals surface area contributed by atoms with Crippen molar-refractivity contribution in [3.05, 3.63) is 59.8 Å². The molecule has 3 aromatic rings. The summed E-state index contributed by atoms with van der Waals surface area (Å²) in [6, 6.07) is 14.2. The number of nitrogens with zero attached hydrogens (tertiary/aromatic N) is 6. The van der Waals surface area contributed by atoms with Crippen LogP contribution in [0.4, 0.5) is 5.69 Å². The van der Waals surface area contributed by atoms with Gasteiger partial charge in [-0.2, -0.15) is 5.10 Å². The molecule has 2 aromatic carbocycles. The summed E-state index contributed by atoms with van der Waals surface area (Å²) in [4.78, 5) is 30.4. The average molecular weight is 492 g/mol. The Balaban J connectivity index is 1.46. The van der Waals surface area contributed by atoms with Gasteiger partial charge in [0, 0.05) is 51.3 Å². The number of carbonyl (C=O) groups is 2. The summed E-state index contributed by atoms with van der Waals surface area (Å²) in [7, 11) is 3.70. The van der Waals surface area contributed by atoms with Gasteiger partial charge in [0.25, 0.3) is 5.91 Å². The first-order valence-electron chi connectivity index (χ1n) is 12.6. The maximum atomic E-state index is 13.4. The van der Waals surface area contributed by atoms with Crippen molar-refractivity contribution in [2.75, 3.05) is 51.2 Å². The van der Waals surface area contributed by atoms with Crippen molar-refractivity contribution < 1.29 is 9.59 Å². The van der Waals surface area contributed by atoms with E-state index in [4.69, 9.17) is 0 Å². The van der Waals surface area contributed by atoms with Crippen LogP contribution in [0.25, 0.3) is 10.9 Å². The van der Waals surface area contributed by atoms with Crippen molar-refractivity contribution in [2.24, 2.45) is 7.05 Å². The molecule has 1 N–H and O–H groups in total. The molecule has 1 aliphatic heterocycles. The Morgan fingerprint density at radius 1 is 1.03 bits per heavy atom. The van der Waals surface area contributed by atoms with Crippen molar-refractivity contribution in [3.63, 3.8) is 0 Å². The van der Waals surface area contributed by atoms with Gasteiger partial charge in [0.05, 0.1) is 24.8 Å². The number of hydrogen-bond acceptors (Lipinski definition) is 6. The summed E-state index contributed by atoms with van der Waals surface area (Å²) in [5.41, 5.74) is 4.30. The first-order valence-corrected chi connectivity index (χ1v) is 12.6. The van der Waals surface area contributed by atoms with Crippen LogP contribution in [0.1, 0.15) is 25.0 Å². The molecule has 192 valence electrons. The maximum absolute atomic E-state index is 13.4. The molecule has 9 nitrogen and oxygen atoms in total. The fourth-order valence-corrected chi connectivity index (χ4v) is 4.66. The van der Waals surface area contributed by atoms with E-state index < -0.39 is 0 Å². The summed E-state index contributed by atoms with van der Waals surface area (Å²) in [6.07, 6.45) is 1.80. The van der Waals surface area contributed by atoms with Crippen LogP contribution in [0.5, 0.6) is 0 Å². The molecule has 0 atom stereocenters. The highest BCUT2D eigenvalue weighted by molar-refractivity contribution is 5.89. The molecule has 1 aromatic heterocycles. The molecule has 2 amide bonds. The van der Waals surface area contributed by atoms with Crippen LogP contribution >= 0.6 is 0 Å². The third kappa shape index (κ3) is 5.85. The zero-order valence-electron chi connectivity index (χ0n) is 21.8. The predicted molar refractivity (Wildman–Crippen MR) is 142 cm³/mol. The van der Waals surface area contributed by atoms with E-state index in [2.05, 4.69) is 41.3 Å². The molecule has 0 saturated heterocycles. The van der Waals surface area contributed by atoms with Crippen LogP contribution < -0.4 is 10.2 Å². The highest BCUT2D eigenvalue weighted by atomic mass is 16.2. The summed E-state index contributed by atoms with van der Waals surface area (Å²) in [5.74, 6) is -0.164. The van der Waals surface area contributed by atoms with E-state index in [1.807, 2.05) is 52.0 Å². The summed E-state index contributed by atoms with van der Waals surface area (Å²) < 4.78 is 1.81. The Hall–Kier alpha value is -3.43. The predicted octanol–water partition coefficient (Wildman–Crippen LogP) is 2.23. The Bertz CT molecular complexity index is 1180. The fraction of sp³-hybridized carbons (Fsp3) is 0.444. The Morgan fingerprint density at radius 2 is 1.72 bits per heavy atom. The van der Waals surface area contributed by atoms with E-state index in [9.17, 15) is 9.59 Å². The average Bonchev–Trinajstić information content (AvgIpc) is 3.49. The van der Waals surface area contributed by atoms with Gasteiger partial charge >= 0.3 is 0 Å². The van der Waals surface area contributed by atoms with Gasteiger partial charge in [0.2, 0.25) is 5.91 Å². The number of amides is 2. The van der Waals surface area contributed by atoms with Crippen molar-refractivity contribution in [1.29, 1.82) is 0 Å². The van der Waals surface area contributed by atoms with Gasteiger partial charge < -0.3 is 15.1 Å². The van der Waals surface area contributed by atoms with Gasteiger partial charge in [-0.15, -0.1) is 0 Å². The first kappa shape index (κ1) is 25.7. The van der Waals surface area contributed by atoms with E-state index in [-0.39, 0.29) is 24.9 Å². The first-order chi connectivity index (χ1) is 17.4. The van der Waals surface area contributed by atoms with Crippen LogP contribution in [0.3, 0.4) is 0 Å². The number of benzene rings is 2. The SMILES string of the molecule is CCN(CC)CCNC(=O)CN(CC(=O)N(C)N1Cc2ccccc2C1)c1ccc2c(cnn2C)c1. The number of likely N-dealkylation sites (N-methyl/N-ethyl adjacent to an activating group) is 2. The second kappa shape index (κ2) is 11.5. The minimum Gasteiger partial charge on any atom is -0.353 e. The summed E-state index contributed by atoms with van der Waals surface area (Å²) in [5, 5.41) is 12.0. The molecule has 0 bridgehead atoms. The molecule has 2 heterocycles. The number of anilines is 1. The number of aromatic nitrogens is 2. The molecule has 0 spiro atoms. The van der Waals surface area contributed by atoms with Crippen LogP contribution in [0.15, 0.2) is 48.7 Å². The Kier molecular flexibility index (Phi) is 8.22. The van der Waals surface area contributed by atoms with E-state index in [1.54, 1.807) is 18.3 Å². The monoisotopic (exact) mass is 491 g/mol.